The quantitative estimate of drug-likeness (QED) is 0.723. The van der Waals surface area contributed by atoms with Gasteiger partial charge in [0.05, 0.1) is 21.2 Å². The molecule has 0 aliphatic rings. The minimum Gasteiger partial charge on any atom is -0.389 e. The number of aliphatic hydroxyl groups is 1. The first-order valence-corrected chi connectivity index (χ1v) is 4.49. The van der Waals surface area contributed by atoms with Gasteiger partial charge in [-0.15, -0.1) is 0 Å². The summed E-state index contributed by atoms with van der Waals surface area (Å²) < 4.78 is 0. The number of hydrogen-bond acceptors (Lipinski definition) is 1. The van der Waals surface area contributed by atoms with Gasteiger partial charge >= 0.3 is 0 Å². The summed E-state index contributed by atoms with van der Waals surface area (Å²) >= 11 is 17.3. The molecule has 1 atom stereocenters. The fraction of sp³-hybridized carbons (Fsp3) is 0.250. The summed E-state index contributed by atoms with van der Waals surface area (Å²) in [6.45, 7) is 1.62. The van der Waals surface area contributed by atoms with Crippen LogP contribution in [0.15, 0.2) is 12.1 Å². The Morgan fingerprint density at radius 1 is 1.17 bits per heavy atom. The molecule has 66 valence electrons. The van der Waals surface area contributed by atoms with Crippen molar-refractivity contribution in [2.24, 2.45) is 0 Å². The van der Waals surface area contributed by atoms with Crippen LogP contribution in [0, 0.1) is 0 Å². The van der Waals surface area contributed by atoms with Gasteiger partial charge in [-0.2, -0.15) is 0 Å². The lowest BCUT2D eigenvalue weighted by Gasteiger charge is -2.08. The van der Waals surface area contributed by atoms with E-state index in [1.54, 1.807) is 19.1 Å². The number of halogens is 3. The van der Waals surface area contributed by atoms with Gasteiger partial charge in [-0.3, -0.25) is 0 Å². The molecule has 0 amide bonds. The van der Waals surface area contributed by atoms with E-state index in [1.807, 2.05) is 0 Å². The Bertz CT molecular complexity index is 297. The second-order valence-electron chi connectivity index (χ2n) is 2.44. The smallest absolute Gasteiger partial charge is 0.0782 e. The zero-order valence-corrected chi connectivity index (χ0v) is 8.58. The van der Waals surface area contributed by atoms with Crippen molar-refractivity contribution in [3.05, 3.63) is 32.8 Å². The van der Waals surface area contributed by atoms with Crippen LogP contribution >= 0.6 is 34.8 Å². The molecule has 0 fully saturated rings. The monoisotopic (exact) mass is 224 g/mol. The second-order valence-corrected chi connectivity index (χ2v) is 3.60. The van der Waals surface area contributed by atoms with Crippen LogP contribution in [0.2, 0.25) is 15.1 Å². The Morgan fingerprint density at radius 3 is 2.25 bits per heavy atom. The Labute approximate surface area is 85.9 Å². The van der Waals surface area contributed by atoms with Gasteiger partial charge in [0.25, 0.3) is 0 Å². The van der Waals surface area contributed by atoms with Crippen molar-refractivity contribution in [3.63, 3.8) is 0 Å². The predicted octanol–water partition coefficient (Wildman–Crippen LogP) is 3.70. The topological polar surface area (TPSA) is 20.2 Å². The van der Waals surface area contributed by atoms with Crippen molar-refractivity contribution >= 4 is 34.8 Å². The van der Waals surface area contributed by atoms with Gasteiger partial charge in [0, 0.05) is 5.56 Å². The van der Waals surface area contributed by atoms with E-state index in [-0.39, 0.29) is 5.02 Å². The molecule has 4 heteroatoms. The first-order valence-electron chi connectivity index (χ1n) is 3.35. The van der Waals surface area contributed by atoms with Gasteiger partial charge in [-0.05, 0) is 13.0 Å². The van der Waals surface area contributed by atoms with Gasteiger partial charge in [0.1, 0.15) is 0 Å². The molecular formula is C8H7Cl3O. The molecule has 0 radical (unpaired) electrons. The van der Waals surface area contributed by atoms with Crippen molar-refractivity contribution in [2.45, 2.75) is 13.0 Å². The Hall–Kier alpha value is 0.0500. The van der Waals surface area contributed by atoms with Gasteiger partial charge in [0.15, 0.2) is 0 Å². The third-order valence-corrected chi connectivity index (χ3v) is 2.82. The lowest BCUT2D eigenvalue weighted by atomic mass is 10.1. The zero-order chi connectivity index (χ0) is 9.30. The van der Waals surface area contributed by atoms with Crippen LogP contribution in [0.5, 0.6) is 0 Å². The lowest BCUT2D eigenvalue weighted by Crippen LogP contribution is -1.92. The minimum atomic E-state index is -0.632. The molecule has 12 heavy (non-hydrogen) atoms. The number of aliphatic hydroxyl groups excluding tert-OH is 1. The Balaban J connectivity index is 3.27. The SMILES string of the molecule is CC(O)c1ccc(Cl)c(Cl)c1Cl. The molecule has 0 saturated heterocycles. The molecule has 0 aromatic heterocycles. The van der Waals surface area contributed by atoms with E-state index < -0.39 is 6.10 Å². The van der Waals surface area contributed by atoms with Crippen LogP contribution in [0.4, 0.5) is 0 Å². The average molecular weight is 226 g/mol. The first-order chi connectivity index (χ1) is 5.54. The second kappa shape index (κ2) is 3.84. The van der Waals surface area contributed by atoms with Crippen molar-refractivity contribution in [1.82, 2.24) is 0 Å². The average Bonchev–Trinajstić information content (AvgIpc) is 2.00. The molecular weight excluding hydrogens is 218 g/mol. The van der Waals surface area contributed by atoms with E-state index in [4.69, 9.17) is 34.8 Å². The van der Waals surface area contributed by atoms with Crippen molar-refractivity contribution in [1.29, 1.82) is 0 Å². The lowest BCUT2D eigenvalue weighted by molar-refractivity contribution is 0.199. The van der Waals surface area contributed by atoms with Crippen molar-refractivity contribution in [2.75, 3.05) is 0 Å². The maximum atomic E-state index is 9.23. The minimum absolute atomic E-state index is 0.289. The fourth-order valence-corrected chi connectivity index (χ4v) is 1.56. The molecule has 0 aliphatic carbocycles. The standard InChI is InChI=1S/C8H7Cl3O/c1-4(12)5-2-3-6(9)8(11)7(5)10/h2-4,12H,1H3. The van der Waals surface area contributed by atoms with Crippen LogP contribution in [0.3, 0.4) is 0 Å². The number of rotatable bonds is 1. The molecule has 0 bridgehead atoms. The van der Waals surface area contributed by atoms with Gasteiger partial charge in [-0.1, -0.05) is 40.9 Å². The highest BCUT2D eigenvalue weighted by molar-refractivity contribution is 6.48. The summed E-state index contributed by atoms with van der Waals surface area (Å²) in [5.41, 5.74) is 0.589. The van der Waals surface area contributed by atoms with Crippen LogP contribution in [-0.4, -0.2) is 5.11 Å². The van der Waals surface area contributed by atoms with Gasteiger partial charge in [0.2, 0.25) is 0 Å². The van der Waals surface area contributed by atoms with Crippen LogP contribution < -0.4 is 0 Å². The van der Waals surface area contributed by atoms with E-state index >= 15 is 0 Å². The van der Waals surface area contributed by atoms with Gasteiger partial charge < -0.3 is 5.11 Å². The highest BCUT2D eigenvalue weighted by Crippen LogP contribution is 2.35. The molecule has 1 unspecified atom stereocenters. The normalized spacial score (nSPS) is 13.1. The molecule has 0 aliphatic heterocycles. The van der Waals surface area contributed by atoms with Gasteiger partial charge in [-0.25, -0.2) is 0 Å². The fourth-order valence-electron chi connectivity index (χ4n) is 0.863. The van der Waals surface area contributed by atoms with Crippen LogP contribution in [0.1, 0.15) is 18.6 Å². The summed E-state index contributed by atoms with van der Waals surface area (Å²) in [7, 11) is 0. The summed E-state index contributed by atoms with van der Waals surface area (Å²) in [5, 5.41) is 10.2. The van der Waals surface area contributed by atoms with Crippen molar-refractivity contribution < 1.29 is 5.11 Å². The van der Waals surface area contributed by atoms with E-state index in [0.717, 1.165) is 0 Å². The Morgan fingerprint density at radius 2 is 1.75 bits per heavy atom. The summed E-state index contributed by atoms with van der Waals surface area (Å²) in [4.78, 5) is 0. The van der Waals surface area contributed by atoms with Crippen LogP contribution in [-0.2, 0) is 0 Å². The highest BCUT2D eigenvalue weighted by atomic mass is 35.5. The molecule has 0 heterocycles. The molecule has 1 rings (SSSR count). The molecule has 1 nitrogen and oxygen atoms in total. The molecule has 1 N–H and O–H groups in total. The summed E-state index contributed by atoms with van der Waals surface area (Å²) in [6.07, 6.45) is -0.632. The highest BCUT2D eigenvalue weighted by Gasteiger charge is 2.11. The third-order valence-electron chi connectivity index (χ3n) is 1.52. The molecule has 0 spiro atoms. The molecule has 1 aromatic rings. The first kappa shape index (κ1) is 10.1. The van der Waals surface area contributed by atoms with E-state index in [2.05, 4.69) is 0 Å². The Kier molecular flexibility index (Phi) is 3.24. The molecule has 1 aromatic carbocycles. The number of hydrogen-bond donors (Lipinski definition) is 1. The van der Waals surface area contributed by atoms with Crippen LogP contribution in [0.25, 0.3) is 0 Å². The summed E-state index contributed by atoms with van der Waals surface area (Å²) in [5.74, 6) is 0. The zero-order valence-electron chi connectivity index (χ0n) is 6.31. The van der Waals surface area contributed by atoms with Crippen molar-refractivity contribution in [3.8, 4) is 0 Å². The van der Waals surface area contributed by atoms with E-state index in [0.29, 0.717) is 15.6 Å². The summed E-state index contributed by atoms with van der Waals surface area (Å²) in [6, 6.07) is 3.26. The largest absolute Gasteiger partial charge is 0.389 e. The maximum Gasteiger partial charge on any atom is 0.0782 e. The predicted molar refractivity (Wildman–Crippen MR) is 52.1 cm³/mol. The molecule has 0 saturated carbocycles. The van der Waals surface area contributed by atoms with E-state index in [1.165, 1.54) is 0 Å². The van der Waals surface area contributed by atoms with E-state index in [9.17, 15) is 5.11 Å². The maximum absolute atomic E-state index is 9.23. The third kappa shape index (κ3) is 1.86. The number of benzene rings is 1.